The largest absolute Gasteiger partial charge is 0.289 e. The number of hydrogen-bond donors (Lipinski definition) is 0. The molecule has 0 aliphatic carbocycles. The van der Waals surface area contributed by atoms with E-state index in [0.717, 1.165) is 5.56 Å². The molecule has 0 saturated heterocycles. The summed E-state index contributed by atoms with van der Waals surface area (Å²) in [5.41, 5.74) is 1.93. The van der Waals surface area contributed by atoms with Gasteiger partial charge in [-0.1, -0.05) is 47.5 Å². The first-order chi connectivity index (χ1) is 8.61. The van der Waals surface area contributed by atoms with Gasteiger partial charge in [-0.15, -0.1) is 11.6 Å². The molecule has 0 heterocycles. The summed E-state index contributed by atoms with van der Waals surface area (Å²) in [7, 11) is 0. The Kier molecular flexibility index (Phi) is 4.28. The summed E-state index contributed by atoms with van der Waals surface area (Å²) < 4.78 is 0. The van der Waals surface area contributed by atoms with Gasteiger partial charge in [0, 0.05) is 22.0 Å². The summed E-state index contributed by atoms with van der Waals surface area (Å²) in [6.45, 7) is 0. The second-order valence-corrected chi connectivity index (χ2v) is 4.89. The summed E-state index contributed by atoms with van der Waals surface area (Å²) >= 11 is 17.6. The molecule has 0 amide bonds. The fraction of sp³-hybridized carbons (Fsp3) is 0.0714. The number of carbonyl (C=O) groups is 1. The molecule has 0 unspecified atom stereocenters. The van der Waals surface area contributed by atoms with E-state index in [9.17, 15) is 4.79 Å². The second kappa shape index (κ2) is 5.75. The fourth-order valence-electron chi connectivity index (χ4n) is 1.57. The van der Waals surface area contributed by atoms with Gasteiger partial charge >= 0.3 is 0 Å². The maximum Gasteiger partial charge on any atom is 0.194 e. The van der Waals surface area contributed by atoms with Gasteiger partial charge in [0.15, 0.2) is 5.78 Å². The zero-order valence-electron chi connectivity index (χ0n) is 9.29. The van der Waals surface area contributed by atoms with Crippen molar-refractivity contribution in [3.8, 4) is 0 Å². The number of ketones is 1. The predicted octanol–water partition coefficient (Wildman–Crippen LogP) is 4.96. The van der Waals surface area contributed by atoms with Crippen LogP contribution in [0.5, 0.6) is 0 Å². The first-order valence-corrected chi connectivity index (χ1v) is 6.55. The van der Waals surface area contributed by atoms with E-state index in [2.05, 4.69) is 0 Å². The smallest absolute Gasteiger partial charge is 0.194 e. The highest BCUT2D eigenvalue weighted by Crippen LogP contribution is 2.23. The maximum atomic E-state index is 12.2. The number of rotatable bonds is 3. The van der Waals surface area contributed by atoms with Gasteiger partial charge in [0.25, 0.3) is 0 Å². The summed E-state index contributed by atoms with van der Waals surface area (Å²) in [5.74, 6) is 0.274. The van der Waals surface area contributed by atoms with Gasteiger partial charge in [0.05, 0.1) is 5.02 Å². The lowest BCUT2D eigenvalue weighted by molar-refractivity contribution is 0.103. The van der Waals surface area contributed by atoms with Gasteiger partial charge in [0.2, 0.25) is 0 Å². The Hall–Kier alpha value is -1.02. The number of carbonyl (C=O) groups excluding carboxylic acids is 1. The number of hydrogen-bond acceptors (Lipinski definition) is 1. The lowest BCUT2D eigenvalue weighted by Crippen LogP contribution is -2.02. The Morgan fingerprint density at radius 2 is 1.67 bits per heavy atom. The van der Waals surface area contributed by atoms with Crippen molar-refractivity contribution < 1.29 is 4.79 Å². The quantitative estimate of drug-likeness (QED) is 0.578. The highest BCUT2D eigenvalue weighted by atomic mass is 35.5. The topological polar surface area (TPSA) is 17.1 Å². The third-order valence-corrected chi connectivity index (χ3v) is 3.42. The number of halogens is 3. The lowest BCUT2D eigenvalue weighted by atomic mass is 10.0. The van der Waals surface area contributed by atoms with Crippen LogP contribution in [-0.2, 0) is 5.88 Å². The van der Waals surface area contributed by atoms with Crippen LogP contribution in [-0.4, -0.2) is 5.78 Å². The Morgan fingerprint density at radius 1 is 1.00 bits per heavy atom. The van der Waals surface area contributed by atoms with Crippen molar-refractivity contribution in [1.29, 1.82) is 0 Å². The molecular weight excluding hydrogens is 291 g/mol. The van der Waals surface area contributed by atoms with E-state index in [0.29, 0.717) is 27.1 Å². The monoisotopic (exact) mass is 298 g/mol. The van der Waals surface area contributed by atoms with Crippen LogP contribution in [0, 0.1) is 0 Å². The Balaban J connectivity index is 2.38. The van der Waals surface area contributed by atoms with E-state index < -0.39 is 0 Å². The van der Waals surface area contributed by atoms with E-state index in [1.54, 1.807) is 30.3 Å². The number of benzene rings is 2. The van der Waals surface area contributed by atoms with Gasteiger partial charge in [0.1, 0.15) is 0 Å². The molecule has 92 valence electrons. The molecule has 2 aromatic rings. The minimum absolute atomic E-state index is 0.149. The van der Waals surface area contributed by atoms with Gasteiger partial charge in [-0.25, -0.2) is 0 Å². The molecule has 18 heavy (non-hydrogen) atoms. The zero-order valence-corrected chi connectivity index (χ0v) is 11.6. The van der Waals surface area contributed by atoms with E-state index in [1.165, 1.54) is 0 Å². The van der Waals surface area contributed by atoms with Crippen molar-refractivity contribution in [2.24, 2.45) is 0 Å². The predicted molar refractivity (Wildman–Crippen MR) is 75.9 cm³/mol. The molecule has 4 heteroatoms. The molecule has 0 bridgehead atoms. The van der Waals surface area contributed by atoms with Crippen molar-refractivity contribution in [3.05, 3.63) is 69.2 Å². The average Bonchev–Trinajstić information content (AvgIpc) is 2.41. The van der Waals surface area contributed by atoms with Crippen LogP contribution in [0.15, 0.2) is 42.5 Å². The van der Waals surface area contributed by atoms with Crippen LogP contribution in [0.25, 0.3) is 0 Å². The first kappa shape index (κ1) is 13.4. The van der Waals surface area contributed by atoms with Crippen molar-refractivity contribution in [3.63, 3.8) is 0 Å². The summed E-state index contributed by atoms with van der Waals surface area (Å²) in [6.07, 6.45) is 0. The third kappa shape index (κ3) is 2.86. The van der Waals surface area contributed by atoms with Gasteiger partial charge in [-0.2, -0.15) is 0 Å². The molecular formula is C14H9Cl3O. The first-order valence-electron chi connectivity index (χ1n) is 5.26. The van der Waals surface area contributed by atoms with Crippen LogP contribution in [0.2, 0.25) is 10.0 Å². The van der Waals surface area contributed by atoms with Crippen molar-refractivity contribution >= 4 is 40.6 Å². The van der Waals surface area contributed by atoms with Crippen molar-refractivity contribution in [1.82, 2.24) is 0 Å². The van der Waals surface area contributed by atoms with Gasteiger partial charge < -0.3 is 0 Å². The van der Waals surface area contributed by atoms with Crippen LogP contribution < -0.4 is 0 Å². The fourth-order valence-corrected chi connectivity index (χ4v) is 2.13. The molecule has 0 saturated carbocycles. The van der Waals surface area contributed by atoms with E-state index >= 15 is 0 Å². The number of alkyl halides is 1. The molecule has 0 aromatic heterocycles. The molecule has 0 N–H and O–H groups in total. The van der Waals surface area contributed by atoms with Gasteiger partial charge in [-0.3, -0.25) is 4.79 Å². The Labute approximate surface area is 120 Å². The average molecular weight is 300 g/mol. The van der Waals surface area contributed by atoms with Crippen molar-refractivity contribution in [2.75, 3.05) is 0 Å². The minimum Gasteiger partial charge on any atom is -0.289 e. The van der Waals surface area contributed by atoms with Crippen LogP contribution >= 0.6 is 34.8 Å². The Morgan fingerprint density at radius 3 is 2.28 bits per heavy atom. The summed E-state index contributed by atoms with van der Waals surface area (Å²) in [5, 5.41) is 0.881. The summed E-state index contributed by atoms with van der Waals surface area (Å²) in [4.78, 5) is 12.2. The molecule has 0 aliphatic rings. The molecule has 0 atom stereocenters. The normalized spacial score (nSPS) is 10.4. The van der Waals surface area contributed by atoms with Crippen LogP contribution in [0.1, 0.15) is 21.5 Å². The molecule has 0 radical (unpaired) electrons. The molecule has 0 fully saturated rings. The van der Waals surface area contributed by atoms with Gasteiger partial charge in [-0.05, 0) is 23.8 Å². The summed E-state index contributed by atoms with van der Waals surface area (Å²) in [6, 6.07) is 11.9. The molecule has 2 rings (SSSR count). The molecule has 0 aliphatic heterocycles. The minimum atomic E-state index is -0.149. The second-order valence-electron chi connectivity index (χ2n) is 3.78. The molecule has 0 spiro atoms. The van der Waals surface area contributed by atoms with Crippen molar-refractivity contribution in [2.45, 2.75) is 5.88 Å². The Bertz CT molecular complexity index is 576. The van der Waals surface area contributed by atoms with E-state index in [1.807, 2.05) is 12.1 Å². The van der Waals surface area contributed by atoms with Crippen LogP contribution in [0.3, 0.4) is 0 Å². The lowest BCUT2D eigenvalue weighted by Gasteiger charge is -2.05. The third-order valence-electron chi connectivity index (χ3n) is 2.54. The SMILES string of the molecule is O=C(c1ccc(CCl)cc1)c1cc(Cl)ccc1Cl. The molecule has 2 aromatic carbocycles. The highest BCUT2D eigenvalue weighted by molar-refractivity contribution is 6.36. The zero-order chi connectivity index (χ0) is 13.1. The standard InChI is InChI=1S/C14H9Cl3O/c15-8-9-1-3-10(4-2-9)14(18)12-7-11(16)5-6-13(12)17/h1-7H,8H2. The molecule has 1 nitrogen and oxygen atoms in total. The van der Waals surface area contributed by atoms with Crippen LogP contribution in [0.4, 0.5) is 0 Å². The highest BCUT2D eigenvalue weighted by Gasteiger charge is 2.13. The van der Waals surface area contributed by atoms with E-state index in [4.69, 9.17) is 34.8 Å². The van der Waals surface area contributed by atoms with E-state index in [-0.39, 0.29) is 5.78 Å². The maximum absolute atomic E-state index is 12.2.